The lowest BCUT2D eigenvalue weighted by Gasteiger charge is -2.34. The van der Waals surface area contributed by atoms with Gasteiger partial charge in [0, 0.05) is 18.2 Å². The molecular formula is C51H69N3O9S. The number of carbonyl (C=O) groups excluding carboxylic acids is 4. The molecule has 1 aromatic heterocycles. The van der Waals surface area contributed by atoms with E-state index in [0.717, 1.165) is 105 Å². The van der Waals surface area contributed by atoms with E-state index in [0.29, 0.717) is 37.7 Å². The second-order valence-corrected chi connectivity index (χ2v) is 23.1. The van der Waals surface area contributed by atoms with Gasteiger partial charge >= 0.3 is 5.97 Å². The Kier molecular flexibility index (Phi) is 13.2. The van der Waals surface area contributed by atoms with Gasteiger partial charge in [-0.25, -0.2) is 13.4 Å². The number of allylic oxidation sites excluding steroid dienone is 1. The molecule has 7 aliphatic rings. The van der Waals surface area contributed by atoms with E-state index in [2.05, 4.69) is 17.4 Å². The van der Waals surface area contributed by atoms with Crippen LogP contribution >= 0.6 is 0 Å². The van der Waals surface area contributed by atoms with Crippen LogP contribution in [0.3, 0.4) is 0 Å². The van der Waals surface area contributed by atoms with Crippen molar-refractivity contribution in [2.45, 2.75) is 178 Å². The molecule has 13 heteroatoms. The summed E-state index contributed by atoms with van der Waals surface area (Å²) in [4.78, 5) is 64.5. The number of carbonyl (C=O) groups is 4. The standard InChI is InChI=1S/C51H69N3O9S/c1-3-36-30-51(36,49(58)53-64(59,60)50(2)24-25-50)31-43(55)42-28-37-32-54(42)48(57)40(34-18-6-4-7-19-34)29-45(56)63-44-27-35(44)20-8-5-9-22-39-46(61-26-13-12-15-33-16-14-17-33)38-21-10-11-23-41(38)52-47(39)62-37/h3,10-11,21,23,33-37,40,42,44H,1,4-9,12-20,22,24-32H2,2H3,(H,53,58)/t35-,36-,37-,40+,42+,44-,51?/m1/s1. The van der Waals surface area contributed by atoms with Crippen molar-refractivity contribution < 1.29 is 41.8 Å². The van der Waals surface area contributed by atoms with E-state index < -0.39 is 50.1 Å². The molecule has 348 valence electrons. The first-order chi connectivity index (χ1) is 30.9. The lowest BCUT2D eigenvalue weighted by atomic mass is 9.77. The maximum absolute atomic E-state index is 15.2. The SMILES string of the molecule is C=C[C@@H]1CC1(CC(=O)[C@@H]1C[C@@H]2CN1C(=O)[C@H](C1CCCCC1)CC(=O)O[C@@H]1C[C@H]1CCCCCc1c(nc3ccccc3c1OCCCCC1CCC1)O2)C(=O)NS(=O)(=O)C1(C)CC1. The molecule has 12 nitrogen and oxygen atoms in total. The molecule has 1 N–H and O–H groups in total. The number of para-hydroxylation sites is 1. The Morgan fingerprint density at radius 1 is 0.953 bits per heavy atom. The Balaban J connectivity index is 1.04. The largest absolute Gasteiger partial charge is 0.492 e. The van der Waals surface area contributed by atoms with Crippen molar-refractivity contribution in [3.8, 4) is 11.6 Å². The molecule has 2 bridgehead atoms. The van der Waals surface area contributed by atoms with Gasteiger partial charge in [-0.1, -0.05) is 76.0 Å². The van der Waals surface area contributed by atoms with Crippen LogP contribution in [0.2, 0.25) is 0 Å². The predicted molar refractivity (Wildman–Crippen MR) is 243 cm³/mol. The van der Waals surface area contributed by atoms with Crippen molar-refractivity contribution in [3.63, 3.8) is 0 Å². The smallest absolute Gasteiger partial charge is 0.306 e. The van der Waals surface area contributed by atoms with Crippen LogP contribution in [0.25, 0.3) is 10.9 Å². The first-order valence-corrected chi connectivity index (χ1v) is 26.3. The van der Waals surface area contributed by atoms with E-state index >= 15 is 4.79 Å². The molecule has 1 aromatic carbocycles. The Bertz CT molecular complexity index is 2210. The quantitative estimate of drug-likeness (QED) is 0.110. The first kappa shape index (κ1) is 45.2. The van der Waals surface area contributed by atoms with Crippen LogP contribution in [0.1, 0.15) is 154 Å². The zero-order valence-electron chi connectivity index (χ0n) is 37.9. The minimum Gasteiger partial charge on any atom is -0.492 e. The molecule has 5 aliphatic carbocycles. The Morgan fingerprint density at radius 3 is 2.42 bits per heavy atom. The number of amides is 2. The van der Waals surface area contributed by atoms with Crippen molar-refractivity contribution in [1.82, 2.24) is 14.6 Å². The number of benzene rings is 1. The van der Waals surface area contributed by atoms with E-state index in [1.165, 1.54) is 25.7 Å². The zero-order valence-corrected chi connectivity index (χ0v) is 38.7. The lowest BCUT2D eigenvalue weighted by molar-refractivity contribution is -0.153. The number of hydrogen-bond donors (Lipinski definition) is 1. The summed E-state index contributed by atoms with van der Waals surface area (Å²) in [5.41, 5.74) is 0.355. The van der Waals surface area contributed by atoms with E-state index in [1.54, 1.807) is 17.9 Å². The number of unbranched alkanes of at least 4 members (excludes halogenated alkanes) is 1. The van der Waals surface area contributed by atoms with Gasteiger partial charge in [-0.3, -0.25) is 23.9 Å². The molecule has 5 saturated carbocycles. The molecular weight excluding hydrogens is 831 g/mol. The summed E-state index contributed by atoms with van der Waals surface area (Å²) >= 11 is 0. The number of nitrogens with one attached hydrogen (secondary N) is 1. The summed E-state index contributed by atoms with van der Waals surface area (Å²) < 4.78 is 47.6. The molecule has 9 rings (SSSR count). The number of hydrogen-bond acceptors (Lipinski definition) is 10. The number of Topliss-reactive ketones (excluding diaryl/α,β-unsaturated/α-hetero) is 1. The fraction of sp³-hybridized carbons (Fsp3) is 0.706. The highest BCUT2D eigenvalue weighted by Crippen LogP contribution is 2.57. The number of fused-ring (bicyclic) bond motifs is 5. The lowest BCUT2D eigenvalue weighted by Crippen LogP contribution is -2.48. The summed E-state index contributed by atoms with van der Waals surface area (Å²) in [6.07, 6.45) is 19.3. The van der Waals surface area contributed by atoms with Gasteiger partial charge in [0.05, 0.1) is 52.8 Å². The Hall–Kier alpha value is -4.00. The molecule has 6 fully saturated rings. The molecule has 7 atom stereocenters. The summed E-state index contributed by atoms with van der Waals surface area (Å²) in [5.74, 6) is -0.337. The van der Waals surface area contributed by atoms with Gasteiger partial charge in [-0.15, -0.1) is 6.58 Å². The third kappa shape index (κ3) is 9.61. The molecule has 1 unspecified atom stereocenters. The van der Waals surface area contributed by atoms with Gasteiger partial charge in [0.25, 0.3) is 0 Å². The van der Waals surface area contributed by atoms with Crippen molar-refractivity contribution in [1.29, 1.82) is 0 Å². The average molecular weight is 900 g/mol. The molecule has 1 saturated heterocycles. The topological polar surface area (TPSA) is 158 Å². The molecule has 0 spiro atoms. The Morgan fingerprint density at radius 2 is 1.70 bits per heavy atom. The molecule has 2 aliphatic heterocycles. The van der Waals surface area contributed by atoms with Gasteiger partial charge in [0.1, 0.15) is 18.0 Å². The molecule has 64 heavy (non-hydrogen) atoms. The van der Waals surface area contributed by atoms with Gasteiger partial charge in [-0.2, -0.15) is 0 Å². The average Bonchev–Trinajstić information content (AvgIpc) is 4.23. The highest BCUT2D eigenvalue weighted by atomic mass is 32.2. The van der Waals surface area contributed by atoms with Crippen LogP contribution < -0.4 is 14.2 Å². The fourth-order valence-electron chi connectivity index (χ4n) is 11.3. The van der Waals surface area contributed by atoms with Gasteiger partial charge in [0.15, 0.2) is 5.78 Å². The highest BCUT2D eigenvalue weighted by Gasteiger charge is 2.62. The second kappa shape index (κ2) is 18.7. The maximum atomic E-state index is 15.2. The zero-order chi connectivity index (χ0) is 44.6. The summed E-state index contributed by atoms with van der Waals surface area (Å²) in [6, 6.07) is 7.02. The van der Waals surface area contributed by atoms with Crippen LogP contribution in [-0.4, -0.2) is 78.0 Å². The number of esters is 1. The highest BCUT2D eigenvalue weighted by molar-refractivity contribution is 7.91. The van der Waals surface area contributed by atoms with Gasteiger partial charge < -0.3 is 19.1 Å². The van der Waals surface area contributed by atoms with Crippen molar-refractivity contribution >= 4 is 44.5 Å². The number of aromatic nitrogens is 1. The van der Waals surface area contributed by atoms with Crippen LogP contribution in [0, 0.1) is 35.0 Å². The third-order valence-electron chi connectivity index (χ3n) is 16.3. The minimum absolute atomic E-state index is 0.0352. The van der Waals surface area contributed by atoms with Gasteiger partial charge in [-0.05, 0) is 113 Å². The van der Waals surface area contributed by atoms with Gasteiger partial charge in [0.2, 0.25) is 27.7 Å². The second-order valence-electron chi connectivity index (χ2n) is 20.9. The number of sulfonamides is 1. The fourth-order valence-corrected chi connectivity index (χ4v) is 12.7. The minimum atomic E-state index is -3.95. The predicted octanol–water partition coefficient (Wildman–Crippen LogP) is 8.72. The van der Waals surface area contributed by atoms with Crippen molar-refractivity contribution in [3.05, 3.63) is 42.5 Å². The summed E-state index contributed by atoms with van der Waals surface area (Å²) in [7, 11) is -3.95. The third-order valence-corrected chi connectivity index (χ3v) is 18.5. The molecule has 3 heterocycles. The van der Waals surface area contributed by atoms with Crippen LogP contribution in [0.4, 0.5) is 0 Å². The maximum Gasteiger partial charge on any atom is 0.306 e. The number of nitrogens with zero attached hydrogens (tertiary/aromatic N) is 2. The first-order valence-electron chi connectivity index (χ1n) is 24.8. The summed E-state index contributed by atoms with van der Waals surface area (Å²) in [6.45, 7) is 6.22. The number of pyridine rings is 1. The van der Waals surface area contributed by atoms with E-state index in [4.69, 9.17) is 19.2 Å². The van der Waals surface area contributed by atoms with Crippen molar-refractivity contribution in [2.75, 3.05) is 13.2 Å². The summed E-state index contributed by atoms with van der Waals surface area (Å²) in [5, 5.41) is 0.933. The van der Waals surface area contributed by atoms with Crippen LogP contribution in [-0.2, 0) is 40.4 Å². The Labute approximate surface area is 379 Å². The number of rotatable bonds is 14. The van der Waals surface area contributed by atoms with Crippen LogP contribution in [0.5, 0.6) is 11.6 Å². The molecule has 2 amide bonds. The molecule has 0 radical (unpaired) electrons. The number of ketones is 1. The normalized spacial score (nSPS) is 30.9. The van der Waals surface area contributed by atoms with Crippen molar-refractivity contribution in [2.24, 2.45) is 35.0 Å². The monoisotopic (exact) mass is 899 g/mol. The van der Waals surface area contributed by atoms with E-state index in [9.17, 15) is 22.8 Å². The van der Waals surface area contributed by atoms with Crippen LogP contribution in [0.15, 0.2) is 36.9 Å². The van der Waals surface area contributed by atoms with E-state index in [1.807, 2.05) is 18.2 Å². The molecule has 2 aromatic rings. The van der Waals surface area contributed by atoms with E-state index in [-0.39, 0.29) is 61.9 Å². The number of ether oxygens (including phenoxy) is 3.